The minimum atomic E-state index is -4.45. The number of nitrogens with two attached hydrogens (primary N) is 1. The molecule has 2 aliphatic rings. The van der Waals surface area contributed by atoms with Crippen molar-refractivity contribution in [3.8, 4) is 11.1 Å². The monoisotopic (exact) mass is 517 g/mol. The second-order valence-corrected chi connectivity index (χ2v) is 8.93. The van der Waals surface area contributed by atoms with Crippen molar-refractivity contribution < 1.29 is 18.0 Å². The molecule has 0 aromatic heterocycles. The largest absolute Gasteiger partial charge is 0.405 e. The van der Waals surface area contributed by atoms with E-state index < -0.39 is 24.0 Å². The van der Waals surface area contributed by atoms with Gasteiger partial charge in [0.05, 0.1) is 0 Å². The molecular weight excluding hydrogens is 486 g/mol. The SMILES string of the molecule is Cl.Cl.NC1CCN(CCCCC2(C(=O)NCC(F)(F)F)c3ccccc3-c3ccccc32)CC1. The zero-order valence-electron chi connectivity index (χ0n) is 18.9. The van der Waals surface area contributed by atoms with Gasteiger partial charge in [0.1, 0.15) is 12.0 Å². The van der Waals surface area contributed by atoms with Crippen LogP contribution < -0.4 is 11.1 Å². The van der Waals surface area contributed by atoms with Crippen LogP contribution in [0.25, 0.3) is 11.1 Å². The molecule has 0 saturated carbocycles. The van der Waals surface area contributed by atoms with Gasteiger partial charge in [-0.15, -0.1) is 24.8 Å². The van der Waals surface area contributed by atoms with Crippen LogP contribution in [0.5, 0.6) is 0 Å². The minimum absolute atomic E-state index is 0. The van der Waals surface area contributed by atoms with E-state index in [0.29, 0.717) is 6.42 Å². The van der Waals surface area contributed by atoms with Crippen molar-refractivity contribution in [2.24, 2.45) is 5.73 Å². The van der Waals surface area contributed by atoms with Gasteiger partial charge < -0.3 is 16.0 Å². The Morgan fingerprint density at radius 3 is 2.03 bits per heavy atom. The van der Waals surface area contributed by atoms with Crippen LogP contribution in [0, 0.1) is 0 Å². The predicted octanol–water partition coefficient (Wildman–Crippen LogP) is 5.07. The van der Waals surface area contributed by atoms with Gasteiger partial charge in [-0.1, -0.05) is 55.0 Å². The zero-order valence-corrected chi connectivity index (χ0v) is 20.6. The van der Waals surface area contributed by atoms with Crippen molar-refractivity contribution in [1.82, 2.24) is 10.2 Å². The third kappa shape index (κ3) is 5.88. The van der Waals surface area contributed by atoms with Gasteiger partial charge in [0.2, 0.25) is 5.91 Å². The molecule has 1 amide bonds. The number of piperidine rings is 1. The number of amides is 1. The van der Waals surface area contributed by atoms with E-state index in [1.54, 1.807) is 0 Å². The molecule has 2 aromatic rings. The standard InChI is InChI=1S/C25H30F3N3O.2ClH/c26-25(27,28)17-30-23(32)24(13-5-6-14-31-15-11-18(29)12-16-31)21-9-3-1-7-19(21)20-8-2-4-10-22(20)24;;/h1-4,7-10,18H,5-6,11-17,29H2,(H,30,32);2*1H. The number of alkyl halides is 3. The van der Waals surface area contributed by atoms with Crippen LogP contribution in [0.2, 0.25) is 0 Å². The Hall–Kier alpha value is -1.80. The summed E-state index contributed by atoms with van der Waals surface area (Å²) in [6.07, 6.45) is -0.380. The number of unbranched alkanes of at least 4 members (excludes halogenated alkanes) is 1. The maximum absolute atomic E-state index is 13.4. The van der Waals surface area contributed by atoms with E-state index in [1.165, 1.54) is 0 Å². The Labute approximate surface area is 211 Å². The highest BCUT2D eigenvalue weighted by Gasteiger charge is 2.49. The summed E-state index contributed by atoms with van der Waals surface area (Å²) in [7, 11) is 0. The van der Waals surface area contributed by atoms with Crippen LogP contribution in [0.3, 0.4) is 0 Å². The molecule has 4 nitrogen and oxygen atoms in total. The quantitative estimate of drug-likeness (QED) is 0.504. The van der Waals surface area contributed by atoms with Gasteiger partial charge in [0.25, 0.3) is 0 Å². The number of carbonyl (C=O) groups excluding carboxylic acids is 1. The number of hydrogen-bond acceptors (Lipinski definition) is 3. The van der Waals surface area contributed by atoms with E-state index in [0.717, 1.165) is 67.6 Å². The van der Waals surface area contributed by atoms with Crippen LogP contribution in [0.4, 0.5) is 13.2 Å². The molecule has 188 valence electrons. The first-order valence-electron chi connectivity index (χ1n) is 11.3. The van der Waals surface area contributed by atoms with Crippen molar-refractivity contribution in [2.75, 3.05) is 26.2 Å². The van der Waals surface area contributed by atoms with Gasteiger partial charge in [0.15, 0.2) is 0 Å². The lowest BCUT2D eigenvalue weighted by Crippen LogP contribution is -2.47. The van der Waals surface area contributed by atoms with Crippen LogP contribution in [-0.2, 0) is 10.2 Å². The summed E-state index contributed by atoms with van der Waals surface area (Å²) in [6.45, 7) is 1.54. The highest BCUT2D eigenvalue weighted by molar-refractivity contribution is 6.00. The second-order valence-electron chi connectivity index (χ2n) is 8.93. The van der Waals surface area contributed by atoms with Crippen molar-refractivity contribution in [3.05, 3.63) is 59.7 Å². The molecule has 1 fully saturated rings. The van der Waals surface area contributed by atoms with E-state index in [4.69, 9.17) is 5.73 Å². The Morgan fingerprint density at radius 1 is 0.971 bits per heavy atom. The number of carbonyl (C=O) groups is 1. The van der Waals surface area contributed by atoms with Crippen LogP contribution >= 0.6 is 24.8 Å². The van der Waals surface area contributed by atoms with Gasteiger partial charge in [-0.2, -0.15) is 13.2 Å². The predicted molar refractivity (Wildman–Crippen MR) is 134 cm³/mol. The Morgan fingerprint density at radius 2 is 1.50 bits per heavy atom. The highest BCUT2D eigenvalue weighted by Crippen LogP contribution is 2.51. The maximum atomic E-state index is 13.4. The molecule has 1 aliphatic heterocycles. The van der Waals surface area contributed by atoms with E-state index in [2.05, 4.69) is 10.2 Å². The number of nitrogens with zero attached hydrogens (tertiary/aromatic N) is 1. The highest BCUT2D eigenvalue weighted by atomic mass is 35.5. The first-order chi connectivity index (χ1) is 15.3. The molecule has 0 unspecified atom stereocenters. The molecule has 0 radical (unpaired) electrons. The summed E-state index contributed by atoms with van der Waals surface area (Å²) in [4.78, 5) is 15.8. The topological polar surface area (TPSA) is 58.4 Å². The van der Waals surface area contributed by atoms with E-state index in [1.807, 2.05) is 48.5 Å². The maximum Gasteiger partial charge on any atom is 0.405 e. The fourth-order valence-corrected chi connectivity index (χ4v) is 5.19. The number of likely N-dealkylation sites (tertiary alicyclic amines) is 1. The van der Waals surface area contributed by atoms with Crippen molar-refractivity contribution in [1.29, 1.82) is 0 Å². The van der Waals surface area contributed by atoms with Crippen LogP contribution in [0.1, 0.15) is 43.2 Å². The van der Waals surface area contributed by atoms with Crippen LogP contribution in [-0.4, -0.2) is 49.2 Å². The molecule has 2 aromatic carbocycles. The molecule has 0 bridgehead atoms. The lowest BCUT2D eigenvalue weighted by atomic mass is 9.73. The van der Waals surface area contributed by atoms with Gasteiger partial charge in [0, 0.05) is 6.04 Å². The average Bonchev–Trinajstić information content (AvgIpc) is 3.07. The molecule has 4 rings (SSSR count). The minimum Gasteiger partial charge on any atom is -0.346 e. The lowest BCUT2D eigenvalue weighted by molar-refractivity contribution is -0.141. The molecule has 3 N–H and O–H groups in total. The van der Waals surface area contributed by atoms with E-state index >= 15 is 0 Å². The zero-order chi connectivity index (χ0) is 22.8. The molecular formula is C25H32Cl2F3N3O. The fourth-order valence-electron chi connectivity index (χ4n) is 5.19. The number of fused-ring (bicyclic) bond motifs is 3. The normalized spacial score (nSPS) is 17.2. The fraction of sp³-hybridized carbons (Fsp3) is 0.480. The first kappa shape index (κ1) is 28.4. The van der Waals surface area contributed by atoms with Crippen molar-refractivity contribution in [2.45, 2.75) is 49.7 Å². The van der Waals surface area contributed by atoms with Crippen molar-refractivity contribution >= 4 is 30.7 Å². The number of rotatable bonds is 7. The number of halogens is 5. The van der Waals surface area contributed by atoms with Gasteiger partial charge in [-0.25, -0.2) is 0 Å². The Balaban J connectivity index is 0.00000204. The summed E-state index contributed by atoms with van der Waals surface area (Å²) >= 11 is 0. The Bertz CT molecular complexity index is 917. The smallest absolute Gasteiger partial charge is 0.346 e. The van der Waals surface area contributed by atoms with Crippen molar-refractivity contribution in [3.63, 3.8) is 0 Å². The summed E-state index contributed by atoms with van der Waals surface area (Å²) in [5, 5.41) is 2.19. The third-order valence-electron chi connectivity index (χ3n) is 6.81. The number of hydrogen-bond donors (Lipinski definition) is 2. The second kappa shape index (κ2) is 11.8. The van der Waals surface area contributed by atoms with Gasteiger partial charge >= 0.3 is 6.18 Å². The summed E-state index contributed by atoms with van der Waals surface area (Å²) in [6, 6.07) is 15.5. The molecule has 1 aliphatic carbocycles. The van der Waals surface area contributed by atoms with E-state index in [9.17, 15) is 18.0 Å². The first-order valence-corrected chi connectivity index (χ1v) is 11.3. The molecule has 0 spiro atoms. The molecule has 9 heteroatoms. The summed E-state index contributed by atoms with van der Waals surface area (Å²) in [5.74, 6) is -0.573. The summed E-state index contributed by atoms with van der Waals surface area (Å²) < 4.78 is 38.8. The Kier molecular flexibility index (Phi) is 9.83. The molecule has 1 heterocycles. The molecule has 34 heavy (non-hydrogen) atoms. The lowest BCUT2D eigenvalue weighted by Gasteiger charge is -2.32. The van der Waals surface area contributed by atoms with Gasteiger partial charge in [-0.3, -0.25) is 4.79 Å². The summed E-state index contributed by atoms with van der Waals surface area (Å²) in [5.41, 5.74) is 8.32. The number of benzene rings is 2. The molecule has 0 atom stereocenters. The van der Waals surface area contributed by atoms with Gasteiger partial charge in [-0.05, 0) is 67.6 Å². The average molecular weight is 518 g/mol. The van der Waals surface area contributed by atoms with E-state index in [-0.39, 0.29) is 30.9 Å². The third-order valence-corrected chi connectivity index (χ3v) is 6.81. The van der Waals surface area contributed by atoms with Crippen LogP contribution in [0.15, 0.2) is 48.5 Å². The number of nitrogens with one attached hydrogen (secondary N) is 1. The molecule has 1 saturated heterocycles.